The van der Waals surface area contributed by atoms with Crippen molar-refractivity contribution in [2.24, 2.45) is 0 Å². The first-order chi connectivity index (χ1) is 5.22. The number of halogens is 2. The van der Waals surface area contributed by atoms with Gasteiger partial charge in [-0.15, -0.1) is 0 Å². The summed E-state index contributed by atoms with van der Waals surface area (Å²) in [5.41, 5.74) is 0.720. The summed E-state index contributed by atoms with van der Waals surface area (Å²) in [6.07, 6.45) is 0. The summed E-state index contributed by atoms with van der Waals surface area (Å²) in [4.78, 5) is 0. The molecular weight excluding hydrogens is 165 g/mol. The van der Waals surface area contributed by atoms with Gasteiger partial charge in [-0.1, -0.05) is 11.6 Å². The van der Waals surface area contributed by atoms with Gasteiger partial charge in [0.05, 0.1) is 0 Å². The Morgan fingerprint density at radius 2 is 2.18 bits per heavy atom. The Morgan fingerprint density at radius 1 is 1.45 bits per heavy atom. The monoisotopic (exact) mass is 173 g/mol. The molecule has 0 amide bonds. The van der Waals surface area contributed by atoms with Crippen molar-refractivity contribution >= 4 is 17.3 Å². The van der Waals surface area contributed by atoms with Crippen molar-refractivity contribution in [2.75, 3.05) is 11.9 Å². The molecule has 0 radical (unpaired) electrons. The first-order valence-electron chi connectivity index (χ1n) is 3.42. The SMILES string of the molecule is CCNc1cc(F)cc(Cl)c1. The summed E-state index contributed by atoms with van der Waals surface area (Å²) < 4.78 is 12.6. The number of nitrogens with one attached hydrogen (secondary N) is 1. The van der Waals surface area contributed by atoms with Crippen LogP contribution in [0.25, 0.3) is 0 Å². The third kappa shape index (κ3) is 2.39. The van der Waals surface area contributed by atoms with E-state index in [0.717, 1.165) is 12.2 Å². The lowest BCUT2D eigenvalue weighted by Crippen LogP contribution is -1.96. The van der Waals surface area contributed by atoms with Crippen molar-refractivity contribution in [1.82, 2.24) is 0 Å². The van der Waals surface area contributed by atoms with Crippen molar-refractivity contribution in [2.45, 2.75) is 6.92 Å². The summed E-state index contributed by atoms with van der Waals surface area (Å²) in [5.74, 6) is -0.312. The molecule has 0 aliphatic rings. The van der Waals surface area contributed by atoms with Gasteiger partial charge in [0.15, 0.2) is 0 Å². The summed E-state index contributed by atoms with van der Waals surface area (Å²) >= 11 is 5.61. The van der Waals surface area contributed by atoms with E-state index in [0.29, 0.717) is 5.02 Å². The second-order valence-corrected chi connectivity index (χ2v) is 2.62. The standard InChI is InChI=1S/C8H9ClFN/c1-2-11-8-4-6(9)3-7(10)5-8/h3-5,11H,2H2,1H3. The second-order valence-electron chi connectivity index (χ2n) is 2.19. The van der Waals surface area contributed by atoms with Gasteiger partial charge >= 0.3 is 0 Å². The van der Waals surface area contributed by atoms with E-state index in [2.05, 4.69) is 5.32 Å². The van der Waals surface area contributed by atoms with Crippen LogP contribution in [0, 0.1) is 5.82 Å². The number of hydrogen-bond donors (Lipinski definition) is 1. The molecule has 0 aliphatic heterocycles. The van der Waals surface area contributed by atoms with Crippen molar-refractivity contribution in [3.63, 3.8) is 0 Å². The Kier molecular flexibility index (Phi) is 2.71. The summed E-state index contributed by atoms with van der Waals surface area (Å²) in [5, 5.41) is 3.38. The minimum atomic E-state index is -0.312. The minimum Gasteiger partial charge on any atom is -0.385 e. The van der Waals surface area contributed by atoms with E-state index < -0.39 is 0 Å². The molecule has 1 N–H and O–H groups in total. The van der Waals surface area contributed by atoms with Crippen molar-refractivity contribution in [3.8, 4) is 0 Å². The molecule has 1 aromatic rings. The molecule has 3 heteroatoms. The number of benzene rings is 1. The molecule has 0 saturated heterocycles. The topological polar surface area (TPSA) is 12.0 Å². The fourth-order valence-electron chi connectivity index (χ4n) is 0.860. The van der Waals surface area contributed by atoms with Crippen LogP contribution in [0.4, 0.5) is 10.1 Å². The average molecular weight is 174 g/mol. The molecule has 0 unspecified atom stereocenters. The quantitative estimate of drug-likeness (QED) is 0.725. The summed E-state index contributed by atoms with van der Waals surface area (Å²) in [6.45, 7) is 2.71. The molecule has 0 fully saturated rings. The van der Waals surface area contributed by atoms with Crippen LogP contribution in [0.2, 0.25) is 5.02 Å². The Bertz CT molecular complexity index is 230. The van der Waals surface area contributed by atoms with E-state index >= 15 is 0 Å². The van der Waals surface area contributed by atoms with Crippen LogP contribution in [0.15, 0.2) is 18.2 Å². The number of hydrogen-bond acceptors (Lipinski definition) is 1. The summed E-state index contributed by atoms with van der Waals surface area (Å²) in [6, 6.07) is 4.38. The van der Waals surface area contributed by atoms with Gasteiger partial charge in [0.25, 0.3) is 0 Å². The number of rotatable bonds is 2. The molecule has 0 spiro atoms. The maximum absolute atomic E-state index is 12.6. The second kappa shape index (κ2) is 3.58. The average Bonchev–Trinajstić information content (AvgIpc) is 1.85. The largest absolute Gasteiger partial charge is 0.385 e. The molecule has 60 valence electrons. The maximum atomic E-state index is 12.6. The first-order valence-corrected chi connectivity index (χ1v) is 3.80. The Labute approximate surface area is 70.2 Å². The molecule has 0 atom stereocenters. The van der Waals surface area contributed by atoms with Crippen molar-refractivity contribution < 1.29 is 4.39 Å². The van der Waals surface area contributed by atoms with Crippen LogP contribution in [-0.2, 0) is 0 Å². The molecule has 0 aromatic heterocycles. The predicted octanol–water partition coefficient (Wildman–Crippen LogP) is 2.91. The van der Waals surface area contributed by atoms with Gasteiger partial charge in [0.1, 0.15) is 5.82 Å². The smallest absolute Gasteiger partial charge is 0.126 e. The Morgan fingerprint density at radius 3 is 2.73 bits per heavy atom. The molecule has 1 nitrogen and oxygen atoms in total. The lowest BCUT2D eigenvalue weighted by Gasteiger charge is -2.02. The molecule has 0 saturated carbocycles. The first kappa shape index (κ1) is 8.34. The Hall–Kier alpha value is -0.760. The minimum absolute atomic E-state index is 0.312. The van der Waals surface area contributed by atoms with Crippen LogP contribution >= 0.6 is 11.6 Å². The van der Waals surface area contributed by atoms with Gasteiger partial charge in [0.2, 0.25) is 0 Å². The highest BCUT2D eigenvalue weighted by Gasteiger charge is 1.96. The van der Waals surface area contributed by atoms with Crippen LogP contribution in [0.1, 0.15) is 6.92 Å². The third-order valence-corrected chi connectivity index (χ3v) is 1.46. The zero-order valence-corrected chi connectivity index (χ0v) is 6.95. The van der Waals surface area contributed by atoms with Crippen LogP contribution in [0.3, 0.4) is 0 Å². The van der Waals surface area contributed by atoms with Crippen molar-refractivity contribution in [1.29, 1.82) is 0 Å². The van der Waals surface area contributed by atoms with Gasteiger partial charge < -0.3 is 5.32 Å². The van der Waals surface area contributed by atoms with E-state index in [-0.39, 0.29) is 5.82 Å². The summed E-state index contributed by atoms with van der Waals surface area (Å²) in [7, 11) is 0. The highest BCUT2D eigenvalue weighted by atomic mass is 35.5. The predicted molar refractivity (Wildman–Crippen MR) is 45.6 cm³/mol. The lowest BCUT2D eigenvalue weighted by molar-refractivity contribution is 0.628. The number of anilines is 1. The molecule has 0 heterocycles. The van der Waals surface area contributed by atoms with Gasteiger partial charge in [0, 0.05) is 17.3 Å². The van der Waals surface area contributed by atoms with Crippen molar-refractivity contribution in [3.05, 3.63) is 29.0 Å². The Balaban J connectivity index is 2.89. The van der Waals surface area contributed by atoms with E-state index in [9.17, 15) is 4.39 Å². The van der Waals surface area contributed by atoms with Crippen LogP contribution < -0.4 is 5.32 Å². The fourth-order valence-corrected chi connectivity index (χ4v) is 1.08. The molecular formula is C8H9ClFN. The van der Waals surface area contributed by atoms with Gasteiger partial charge in [-0.3, -0.25) is 0 Å². The van der Waals surface area contributed by atoms with Gasteiger partial charge in [-0.2, -0.15) is 0 Å². The lowest BCUT2D eigenvalue weighted by atomic mass is 10.3. The van der Waals surface area contributed by atoms with Crippen LogP contribution in [0.5, 0.6) is 0 Å². The van der Waals surface area contributed by atoms with E-state index in [1.54, 1.807) is 6.07 Å². The zero-order chi connectivity index (χ0) is 8.27. The maximum Gasteiger partial charge on any atom is 0.126 e. The van der Waals surface area contributed by atoms with E-state index in [1.807, 2.05) is 6.92 Å². The molecule has 0 bridgehead atoms. The highest BCUT2D eigenvalue weighted by molar-refractivity contribution is 6.30. The third-order valence-electron chi connectivity index (χ3n) is 1.24. The molecule has 0 aliphatic carbocycles. The molecule has 1 aromatic carbocycles. The van der Waals surface area contributed by atoms with E-state index in [4.69, 9.17) is 11.6 Å². The van der Waals surface area contributed by atoms with Gasteiger partial charge in [-0.25, -0.2) is 4.39 Å². The molecule has 11 heavy (non-hydrogen) atoms. The highest BCUT2D eigenvalue weighted by Crippen LogP contribution is 2.17. The molecule has 1 rings (SSSR count). The fraction of sp³-hybridized carbons (Fsp3) is 0.250. The van der Waals surface area contributed by atoms with Crippen LogP contribution in [-0.4, -0.2) is 6.54 Å². The van der Waals surface area contributed by atoms with Gasteiger partial charge in [-0.05, 0) is 25.1 Å². The normalized spacial score (nSPS) is 9.73. The van der Waals surface area contributed by atoms with E-state index in [1.165, 1.54) is 12.1 Å². The zero-order valence-electron chi connectivity index (χ0n) is 6.20.